The van der Waals surface area contributed by atoms with Crippen molar-refractivity contribution in [2.75, 3.05) is 23.7 Å². The number of aromatic nitrogens is 2. The fraction of sp³-hybridized carbons (Fsp3) is 0.290. The van der Waals surface area contributed by atoms with E-state index in [0.717, 1.165) is 99.5 Å². The molecule has 4 N–H and O–H groups in total. The van der Waals surface area contributed by atoms with Crippen LogP contribution in [0.3, 0.4) is 0 Å². The maximum atomic E-state index is 13.6. The fourth-order valence-corrected chi connectivity index (χ4v) is 13.0. The monoisotopic (exact) mass is 1180 g/mol. The smallest absolute Gasteiger partial charge is 0.405 e. The molecule has 0 saturated heterocycles. The summed E-state index contributed by atoms with van der Waals surface area (Å²) in [5.41, 5.74) is 9.83. The number of anilines is 1. The number of carbonyl (C=O) groups excluding carboxylic acids is 3. The number of aryl methyl sites for hydroxylation is 1. The van der Waals surface area contributed by atoms with Gasteiger partial charge in [0.2, 0.25) is 11.8 Å². The molecule has 0 radical (unpaired) electrons. The van der Waals surface area contributed by atoms with E-state index in [2.05, 4.69) is 80.2 Å². The number of amides is 3. The SMILES string of the molecule is CCCCCC1(C(=O)O)c2ccccc2-c2ccccc21.CCNC(=O)C1(CCCCBr)c2ccccc2-c2ccccc21.O=C(Nc1cn(CCCCC2(C(=O)NCC(F)(F)F)c3ccccc3-c3ccccc32)cn1)c1ccccc1. The summed E-state index contributed by atoms with van der Waals surface area (Å²) < 4.78 is 41.0. The molecule has 7 aromatic carbocycles. The number of nitrogens with zero attached hydrogens (tertiary/aromatic N) is 2. The van der Waals surface area contributed by atoms with Crippen molar-refractivity contribution in [2.24, 2.45) is 0 Å². The van der Waals surface area contributed by atoms with Crippen molar-refractivity contribution < 1.29 is 37.5 Å². The number of unbranched alkanes of at least 4 members (excludes halogenated alkanes) is 4. The topological polar surface area (TPSA) is 142 Å². The Labute approximate surface area is 492 Å². The lowest BCUT2D eigenvalue weighted by molar-refractivity contribution is -0.142. The average Bonchev–Trinajstić information content (AvgIpc) is 4.44. The minimum Gasteiger partial charge on any atom is -0.480 e. The molecule has 0 atom stereocenters. The third kappa shape index (κ3) is 12.1. The van der Waals surface area contributed by atoms with Crippen LogP contribution in [0, 0.1) is 0 Å². The number of carboxylic acids is 1. The van der Waals surface area contributed by atoms with Crippen molar-refractivity contribution in [3.63, 3.8) is 0 Å². The number of alkyl halides is 4. The zero-order valence-corrected chi connectivity index (χ0v) is 48.4. The number of fused-ring (bicyclic) bond motifs is 9. The van der Waals surface area contributed by atoms with Gasteiger partial charge in [0.05, 0.1) is 6.33 Å². The highest BCUT2D eigenvalue weighted by Crippen LogP contribution is 2.54. The molecule has 14 heteroatoms. The number of likely N-dealkylation sites (N-methyl/N-ethyl adjacent to an activating group) is 1. The average molecular weight is 1190 g/mol. The van der Waals surface area contributed by atoms with E-state index in [4.69, 9.17) is 0 Å². The number of nitrogens with one attached hydrogen (secondary N) is 3. The van der Waals surface area contributed by atoms with Crippen LogP contribution in [-0.2, 0) is 37.2 Å². The molecule has 0 spiro atoms. The van der Waals surface area contributed by atoms with E-state index in [-0.39, 0.29) is 11.8 Å². The summed E-state index contributed by atoms with van der Waals surface area (Å²) in [5, 5.41) is 19.0. The van der Waals surface area contributed by atoms with Gasteiger partial charge in [-0.1, -0.05) is 212 Å². The van der Waals surface area contributed by atoms with Crippen LogP contribution in [0.1, 0.15) is 122 Å². The summed E-state index contributed by atoms with van der Waals surface area (Å²) in [6.07, 6.45) is 7.12. The van der Waals surface area contributed by atoms with Gasteiger partial charge < -0.3 is 25.6 Å². The molecule has 8 aromatic rings. The molecule has 3 amide bonds. The Morgan fingerprint density at radius 1 is 0.518 bits per heavy atom. The molecule has 10 nitrogen and oxygen atoms in total. The van der Waals surface area contributed by atoms with Crippen molar-refractivity contribution in [1.82, 2.24) is 20.2 Å². The van der Waals surface area contributed by atoms with E-state index in [1.54, 1.807) is 36.8 Å². The van der Waals surface area contributed by atoms with Gasteiger partial charge in [-0.25, -0.2) is 4.98 Å². The molecular weight excluding hydrogens is 1120 g/mol. The molecule has 3 aliphatic carbocycles. The van der Waals surface area contributed by atoms with Gasteiger partial charge >= 0.3 is 12.1 Å². The van der Waals surface area contributed by atoms with E-state index < -0.39 is 40.8 Å². The Kier molecular flexibility index (Phi) is 19.0. The third-order valence-corrected chi connectivity index (χ3v) is 16.9. The first-order valence-corrected chi connectivity index (χ1v) is 29.8. The van der Waals surface area contributed by atoms with Gasteiger partial charge in [0.25, 0.3) is 5.91 Å². The van der Waals surface area contributed by atoms with Gasteiger partial charge in [-0.15, -0.1) is 0 Å². The molecular formula is C69H69BrF3N5O5. The number of carbonyl (C=O) groups is 4. The van der Waals surface area contributed by atoms with E-state index >= 15 is 0 Å². The number of hydrogen-bond acceptors (Lipinski definition) is 5. The Hall–Kier alpha value is -8.10. The van der Waals surface area contributed by atoms with Crippen molar-refractivity contribution >= 4 is 45.4 Å². The summed E-state index contributed by atoms with van der Waals surface area (Å²) in [5.74, 6) is -1.08. The van der Waals surface area contributed by atoms with Crippen LogP contribution in [-0.4, -0.2) is 62.9 Å². The van der Waals surface area contributed by atoms with E-state index in [0.29, 0.717) is 50.2 Å². The molecule has 1 heterocycles. The molecule has 428 valence electrons. The second-order valence-electron chi connectivity index (χ2n) is 21.3. The van der Waals surface area contributed by atoms with Crippen LogP contribution < -0.4 is 16.0 Å². The number of carboxylic acid groups (broad SMARTS) is 1. The Balaban J connectivity index is 0.000000161. The Morgan fingerprint density at radius 2 is 0.904 bits per heavy atom. The second-order valence-corrected chi connectivity index (χ2v) is 22.1. The zero-order valence-electron chi connectivity index (χ0n) is 46.8. The number of hydrogen-bond donors (Lipinski definition) is 4. The summed E-state index contributed by atoms with van der Waals surface area (Å²) in [4.78, 5) is 55.6. The predicted octanol–water partition coefficient (Wildman–Crippen LogP) is 15.2. The maximum Gasteiger partial charge on any atom is 0.405 e. The Bertz CT molecular complexity index is 3440. The standard InChI is InChI=1S/C30H27F3N4O2.C20H22BrNO.C19H20O2/c31-30(32,33)19-34-28(39)29(24-14-6-4-12-22(24)23-13-5-7-15-25(23)29)16-8-9-17-37-18-26(35-20-37)36-27(38)21-10-2-1-3-11-21;1-2-22-19(23)20(13-7-8-14-21)17-11-5-3-9-15(17)16-10-4-6-12-18(16)20;1-2-3-8-13-19(18(20)21)16-11-6-4-9-14(16)15-10-5-7-12-17(15)19/h1-7,10-15,18,20H,8-9,16-17,19H2,(H,34,39)(H,36,38);3-6,9-12H,2,7-8,13-14H2,1H3,(H,22,23);4-7,9-12H,2-3,8,13H2,1H3,(H,20,21). The largest absolute Gasteiger partial charge is 0.480 e. The molecule has 0 saturated carbocycles. The van der Waals surface area contributed by atoms with Crippen molar-refractivity contribution in [3.8, 4) is 33.4 Å². The minimum atomic E-state index is -4.51. The van der Waals surface area contributed by atoms with Gasteiger partial charge in [0, 0.05) is 30.2 Å². The van der Waals surface area contributed by atoms with Crippen LogP contribution in [0.25, 0.3) is 33.4 Å². The lowest BCUT2D eigenvalue weighted by Crippen LogP contribution is -2.47. The van der Waals surface area contributed by atoms with Gasteiger partial charge in [0.1, 0.15) is 22.8 Å². The van der Waals surface area contributed by atoms with E-state index in [1.807, 2.05) is 127 Å². The Morgan fingerprint density at radius 3 is 1.31 bits per heavy atom. The number of benzene rings is 7. The summed E-state index contributed by atoms with van der Waals surface area (Å²) in [6.45, 7) is 3.96. The molecule has 3 aliphatic rings. The van der Waals surface area contributed by atoms with Gasteiger partial charge in [-0.05, 0) is 124 Å². The van der Waals surface area contributed by atoms with Gasteiger partial charge in [0.15, 0.2) is 5.82 Å². The number of imidazole rings is 1. The summed E-state index contributed by atoms with van der Waals surface area (Å²) in [7, 11) is 0. The molecule has 0 fully saturated rings. The van der Waals surface area contributed by atoms with Crippen LogP contribution in [0.4, 0.5) is 19.0 Å². The quantitative estimate of drug-likeness (QED) is 0.0442. The lowest BCUT2D eigenvalue weighted by Gasteiger charge is -2.31. The summed E-state index contributed by atoms with van der Waals surface area (Å²) in [6, 6.07) is 56.3. The van der Waals surface area contributed by atoms with E-state index in [1.165, 1.54) is 11.1 Å². The molecule has 0 unspecified atom stereocenters. The highest BCUT2D eigenvalue weighted by Gasteiger charge is 2.51. The first-order chi connectivity index (χ1) is 40.2. The van der Waals surface area contributed by atoms with Crippen molar-refractivity contribution in [3.05, 3.63) is 227 Å². The second kappa shape index (κ2) is 26.4. The number of aliphatic carboxylic acids is 1. The summed E-state index contributed by atoms with van der Waals surface area (Å²) >= 11 is 3.51. The highest BCUT2D eigenvalue weighted by atomic mass is 79.9. The van der Waals surface area contributed by atoms with Crippen LogP contribution in [0.2, 0.25) is 0 Å². The van der Waals surface area contributed by atoms with Gasteiger partial charge in [-0.2, -0.15) is 13.2 Å². The van der Waals surface area contributed by atoms with Crippen LogP contribution in [0.15, 0.2) is 188 Å². The molecule has 0 aliphatic heterocycles. The zero-order chi connectivity index (χ0) is 58.6. The van der Waals surface area contributed by atoms with E-state index in [9.17, 15) is 37.5 Å². The van der Waals surface area contributed by atoms with Crippen LogP contribution >= 0.6 is 15.9 Å². The van der Waals surface area contributed by atoms with Gasteiger partial charge in [-0.3, -0.25) is 19.2 Å². The number of rotatable bonds is 20. The highest BCUT2D eigenvalue weighted by molar-refractivity contribution is 9.09. The molecule has 1 aromatic heterocycles. The first-order valence-electron chi connectivity index (χ1n) is 28.6. The predicted molar refractivity (Wildman–Crippen MR) is 326 cm³/mol. The van der Waals surface area contributed by atoms with Crippen molar-refractivity contribution in [2.45, 2.75) is 107 Å². The minimum absolute atomic E-state index is 0.131. The third-order valence-electron chi connectivity index (χ3n) is 16.3. The maximum absolute atomic E-state index is 13.6. The number of halogens is 4. The molecule has 83 heavy (non-hydrogen) atoms. The lowest BCUT2D eigenvalue weighted by atomic mass is 9.73. The van der Waals surface area contributed by atoms with Crippen LogP contribution in [0.5, 0.6) is 0 Å². The fourth-order valence-electron chi connectivity index (χ4n) is 12.6. The van der Waals surface area contributed by atoms with Crippen molar-refractivity contribution in [1.29, 1.82) is 0 Å². The molecule has 0 bridgehead atoms. The normalized spacial score (nSPS) is 13.9. The first kappa shape index (κ1) is 59.5. The molecule has 11 rings (SSSR count).